The van der Waals surface area contributed by atoms with Gasteiger partial charge in [0.25, 0.3) is 0 Å². The molecule has 0 saturated carbocycles. The minimum absolute atomic E-state index is 0.0190. The predicted octanol–water partition coefficient (Wildman–Crippen LogP) is 2.98. The number of hydrogen-bond donors (Lipinski definition) is 0. The molecule has 0 aliphatic carbocycles. The monoisotopic (exact) mass is 380 g/mol. The highest BCUT2D eigenvalue weighted by Gasteiger charge is 2.29. The van der Waals surface area contributed by atoms with Crippen LogP contribution < -0.4 is 0 Å². The number of sulfonamides is 1. The molecule has 0 atom stereocenters. The number of nitrogens with zero attached hydrogens (tertiary/aromatic N) is 2. The van der Waals surface area contributed by atoms with Crippen molar-refractivity contribution in [3.05, 3.63) is 35.4 Å². The molecule has 2 rings (SSSR count). The third-order valence-corrected chi connectivity index (χ3v) is 7.27. The highest BCUT2D eigenvalue weighted by atomic mass is 32.2. The van der Waals surface area contributed by atoms with Crippen LogP contribution in [0.25, 0.3) is 0 Å². The second kappa shape index (κ2) is 9.51. The van der Waals surface area contributed by atoms with Gasteiger partial charge in [0.15, 0.2) is 0 Å². The van der Waals surface area contributed by atoms with Crippen molar-refractivity contribution in [2.45, 2.75) is 58.4 Å². The lowest BCUT2D eigenvalue weighted by Gasteiger charge is -2.36. The highest BCUT2D eigenvalue weighted by Crippen LogP contribution is 2.19. The molecule has 0 aromatic heterocycles. The number of benzene rings is 1. The van der Waals surface area contributed by atoms with Gasteiger partial charge in [-0.2, -0.15) is 0 Å². The molecule has 0 bridgehead atoms. The van der Waals surface area contributed by atoms with Crippen LogP contribution in [0.2, 0.25) is 0 Å². The summed E-state index contributed by atoms with van der Waals surface area (Å²) in [6.45, 7) is 5.07. The molecule has 1 aromatic carbocycles. The van der Waals surface area contributed by atoms with Crippen LogP contribution in [0.5, 0.6) is 0 Å². The van der Waals surface area contributed by atoms with Crippen LogP contribution >= 0.6 is 0 Å². The van der Waals surface area contributed by atoms with E-state index in [0.717, 1.165) is 32.1 Å². The van der Waals surface area contributed by atoms with Gasteiger partial charge in [-0.05, 0) is 51.5 Å². The zero-order chi connectivity index (χ0) is 19.2. The van der Waals surface area contributed by atoms with Crippen LogP contribution in [0.1, 0.15) is 50.2 Å². The number of likely N-dealkylation sites (tertiary alicyclic amines) is 1. The smallest absolute Gasteiger partial charge is 0.222 e. The second-order valence-corrected chi connectivity index (χ2v) is 9.54. The summed E-state index contributed by atoms with van der Waals surface area (Å²) in [7, 11) is -1.49. The Labute approximate surface area is 158 Å². The number of piperidine rings is 1. The fourth-order valence-electron chi connectivity index (χ4n) is 3.43. The number of unbranched alkanes of at least 4 members (excludes halogenated alkanes) is 1. The first-order valence-corrected chi connectivity index (χ1v) is 11.2. The van der Waals surface area contributed by atoms with Crippen LogP contribution in [0.4, 0.5) is 0 Å². The van der Waals surface area contributed by atoms with E-state index < -0.39 is 10.0 Å². The first kappa shape index (κ1) is 20.9. The summed E-state index contributed by atoms with van der Waals surface area (Å²) in [5, 5.41) is 0. The number of aryl methyl sites for hydroxylation is 2. The van der Waals surface area contributed by atoms with Gasteiger partial charge in [-0.1, -0.05) is 29.8 Å². The molecule has 1 aromatic rings. The molecule has 6 heteroatoms. The predicted molar refractivity (Wildman–Crippen MR) is 106 cm³/mol. The number of carbonyl (C=O) groups excluding carboxylic acids is 1. The van der Waals surface area contributed by atoms with E-state index in [2.05, 4.69) is 31.2 Å². The number of amides is 1. The highest BCUT2D eigenvalue weighted by molar-refractivity contribution is 7.89. The maximum absolute atomic E-state index is 12.4. The number of rotatable bonds is 8. The van der Waals surface area contributed by atoms with Crippen molar-refractivity contribution in [1.29, 1.82) is 0 Å². The largest absolute Gasteiger partial charge is 0.343 e. The Hall–Kier alpha value is -1.40. The molecule has 1 fully saturated rings. The number of hydrogen-bond acceptors (Lipinski definition) is 3. The molecule has 146 valence electrons. The summed E-state index contributed by atoms with van der Waals surface area (Å²) in [6, 6.07) is 8.58. The van der Waals surface area contributed by atoms with Crippen LogP contribution in [0.15, 0.2) is 24.3 Å². The molecule has 1 heterocycles. The van der Waals surface area contributed by atoms with Gasteiger partial charge in [0, 0.05) is 32.6 Å². The lowest BCUT2D eigenvalue weighted by Crippen LogP contribution is -2.47. The molecule has 26 heavy (non-hydrogen) atoms. The van der Waals surface area contributed by atoms with Crippen molar-refractivity contribution in [2.75, 3.05) is 25.9 Å². The molecule has 1 aliphatic heterocycles. The normalized spacial score (nSPS) is 16.2. The minimum Gasteiger partial charge on any atom is -0.343 e. The molecule has 1 aliphatic rings. The van der Waals surface area contributed by atoms with E-state index in [-0.39, 0.29) is 17.7 Å². The van der Waals surface area contributed by atoms with Gasteiger partial charge in [0.1, 0.15) is 0 Å². The van der Waals surface area contributed by atoms with Crippen LogP contribution in [-0.2, 0) is 21.2 Å². The first-order valence-electron chi connectivity index (χ1n) is 9.62. The Kier molecular flexibility index (Phi) is 7.65. The summed E-state index contributed by atoms with van der Waals surface area (Å²) in [4.78, 5) is 14.3. The van der Waals surface area contributed by atoms with Gasteiger partial charge in [0.05, 0.1) is 5.75 Å². The Balaban J connectivity index is 1.69. The third-order valence-electron chi connectivity index (χ3n) is 5.36. The van der Waals surface area contributed by atoms with Gasteiger partial charge >= 0.3 is 0 Å². The average Bonchev–Trinajstić information content (AvgIpc) is 2.66. The SMILES string of the molecule is CCS(=O)(=O)N(C)C1CCN(C(=O)CCCCc2ccc(C)cc2)CC1. The topological polar surface area (TPSA) is 57.7 Å². The fraction of sp³-hybridized carbons (Fsp3) is 0.650. The molecular formula is C20H32N2O3S. The van der Waals surface area contributed by atoms with E-state index in [4.69, 9.17) is 0 Å². The fourth-order valence-corrected chi connectivity index (χ4v) is 4.50. The summed E-state index contributed by atoms with van der Waals surface area (Å²) in [5.74, 6) is 0.331. The van der Waals surface area contributed by atoms with E-state index in [1.54, 1.807) is 14.0 Å². The van der Waals surface area contributed by atoms with E-state index in [0.29, 0.717) is 19.5 Å². The van der Waals surface area contributed by atoms with Crippen LogP contribution in [0, 0.1) is 6.92 Å². The van der Waals surface area contributed by atoms with Gasteiger partial charge in [-0.3, -0.25) is 4.79 Å². The number of carbonyl (C=O) groups is 1. The summed E-state index contributed by atoms with van der Waals surface area (Å²) < 4.78 is 25.4. The van der Waals surface area contributed by atoms with Crippen molar-refractivity contribution >= 4 is 15.9 Å². The minimum atomic E-state index is -3.15. The third kappa shape index (κ3) is 5.81. The Bertz CT molecular complexity index is 678. The van der Waals surface area contributed by atoms with Crippen molar-refractivity contribution in [3.63, 3.8) is 0 Å². The Morgan fingerprint density at radius 1 is 1.15 bits per heavy atom. The molecule has 0 radical (unpaired) electrons. The molecule has 0 spiro atoms. The molecule has 0 N–H and O–H groups in total. The van der Waals surface area contributed by atoms with E-state index in [1.807, 2.05) is 4.90 Å². The van der Waals surface area contributed by atoms with Crippen LogP contribution in [0.3, 0.4) is 0 Å². The maximum Gasteiger partial charge on any atom is 0.222 e. The average molecular weight is 381 g/mol. The lowest BCUT2D eigenvalue weighted by atomic mass is 10.0. The molecule has 0 unspecified atom stereocenters. The van der Waals surface area contributed by atoms with E-state index >= 15 is 0 Å². The van der Waals surface area contributed by atoms with Gasteiger partial charge in [-0.15, -0.1) is 0 Å². The van der Waals surface area contributed by atoms with Gasteiger partial charge < -0.3 is 4.90 Å². The van der Waals surface area contributed by atoms with Gasteiger partial charge in [0.2, 0.25) is 15.9 Å². The molecule has 1 saturated heterocycles. The second-order valence-electron chi connectivity index (χ2n) is 7.22. The van der Waals surface area contributed by atoms with E-state index in [9.17, 15) is 13.2 Å². The molecule has 1 amide bonds. The molecule has 5 nitrogen and oxygen atoms in total. The zero-order valence-electron chi connectivity index (χ0n) is 16.3. The summed E-state index contributed by atoms with van der Waals surface area (Å²) in [5.41, 5.74) is 2.59. The maximum atomic E-state index is 12.4. The van der Waals surface area contributed by atoms with Crippen molar-refractivity contribution in [3.8, 4) is 0 Å². The first-order chi connectivity index (χ1) is 12.3. The summed E-state index contributed by atoms with van der Waals surface area (Å²) >= 11 is 0. The molecular weight excluding hydrogens is 348 g/mol. The van der Waals surface area contributed by atoms with Crippen molar-refractivity contribution < 1.29 is 13.2 Å². The van der Waals surface area contributed by atoms with Gasteiger partial charge in [-0.25, -0.2) is 12.7 Å². The van der Waals surface area contributed by atoms with E-state index in [1.165, 1.54) is 15.4 Å². The summed E-state index contributed by atoms with van der Waals surface area (Å²) in [6.07, 6.45) is 4.96. The van der Waals surface area contributed by atoms with Crippen molar-refractivity contribution in [2.24, 2.45) is 0 Å². The van der Waals surface area contributed by atoms with Crippen LogP contribution in [-0.4, -0.2) is 55.5 Å². The van der Waals surface area contributed by atoms with Crippen molar-refractivity contribution in [1.82, 2.24) is 9.21 Å². The zero-order valence-corrected chi connectivity index (χ0v) is 17.1. The Morgan fingerprint density at radius 3 is 2.35 bits per heavy atom. The Morgan fingerprint density at radius 2 is 1.77 bits per heavy atom. The lowest BCUT2D eigenvalue weighted by molar-refractivity contribution is -0.132. The quantitative estimate of drug-likeness (QED) is 0.652. The standard InChI is InChI=1S/C20H32N2O3S/c1-4-26(24,25)21(3)19-13-15-22(16-14-19)20(23)8-6-5-7-18-11-9-17(2)10-12-18/h9-12,19H,4-8,13-16H2,1-3H3.